The van der Waals surface area contributed by atoms with Gasteiger partial charge >= 0.3 is 5.97 Å². The molecule has 0 aromatic carbocycles. The van der Waals surface area contributed by atoms with Crippen LogP contribution in [0.15, 0.2) is 0 Å². The summed E-state index contributed by atoms with van der Waals surface area (Å²) in [6.45, 7) is 2.21. The number of carbonyl (C=O) groups is 1. The first-order chi connectivity index (χ1) is 5.61. The Morgan fingerprint density at radius 1 is 1.38 bits per heavy atom. The third kappa shape index (κ3) is 3.53. The topological polar surface area (TPSA) is 63.3 Å². The van der Waals surface area contributed by atoms with Crippen molar-refractivity contribution < 1.29 is 9.90 Å². The number of rotatable bonds is 2. The fraction of sp³-hybridized carbons (Fsp3) is 0.889. The van der Waals surface area contributed by atoms with Crippen molar-refractivity contribution >= 4 is 18.4 Å². The van der Waals surface area contributed by atoms with Gasteiger partial charge < -0.3 is 10.8 Å². The maximum absolute atomic E-state index is 10.6. The van der Waals surface area contributed by atoms with Gasteiger partial charge in [0, 0.05) is 0 Å². The summed E-state index contributed by atoms with van der Waals surface area (Å²) >= 11 is 0. The van der Waals surface area contributed by atoms with Crippen LogP contribution in [0.1, 0.15) is 32.6 Å². The van der Waals surface area contributed by atoms with Gasteiger partial charge in [-0.3, -0.25) is 4.79 Å². The minimum absolute atomic E-state index is 0. The third-order valence-corrected chi connectivity index (χ3v) is 2.85. The van der Waals surface area contributed by atoms with Crippen molar-refractivity contribution in [3.63, 3.8) is 0 Å². The van der Waals surface area contributed by atoms with E-state index >= 15 is 0 Å². The molecule has 1 saturated carbocycles. The minimum Gasteiger partial charge on any atom is -0.480 e. The molecule has 78 valence electrons. The minimum atomic E-state index is -0.852. The molecule has 3 nitrogen and oxygen atoms in total. The Morgan fingerprint density at radius 3 is 2.23 bits per heavy atom. The predicted octanol–water partition coefficient (Wildman–Crippen LogP) is 1.65. The van der Waals surface area contributed by atoms with E-state index < -0.39 is 12.0 Å². The van der Waals surface area contributed by atoms with Gasteiger partial charge in [-0.05, 0) is 24.7 Å². The van der Waals surface area contributed by atoms with Crippen molar-refractivity contribution in [3.8, 4) is 0 Å². The van der Waals surface area contributed by atoms with E-state index in [0.717, 1.165) is 31.6 Å². The summed E-state index contributed by atoms with van der Waals surface area (Å²) in [5.41, 5.74) is 5.54. The second kappa shape index (κ2) is 5.45. The van der Waals surface area contributed by atoms with Crippen molar-refractivity contribution in [2.24, 2.45) is 17.6 Å². The molecule has 13 heavy (non-hydrogen) atoms. The molecule has 1 unspecified atom stereocenters. The van der Waals surface area contributed by atoms with Crippen LogP contribution in [-0.2, 0) is 4.79 Å². The van der Waals surface area contributed by atoms with Crippen LogP contribution in [0, 0.1) is 11.8 Å². The smallest absolute Gasteiger partial charge is 0.320 e. The van der Waals surface area contributed by atoms with E-state index in [1.165, 1.54) is 0 Å². The number of halogens is 1. The van der Waals surface area contributed by atoms with E-state index in [4.69, 9.17) is 10.8 Å². The first kappa shape index (κ1) is 12.7. The van der Waals surface area contributed by atoms with Crippen LogP contribution in [0.25, 0.3) is 0 Å². The van der Waals surface area contributed by atoms with Gasteiger partial charge in [-0.25, -0.2) is 0 Å². The summed E-state index contributed by atoms with van der Waals surface area (Å²) in [5, 5.41) is 8.68. The summed E-state index contributed by atoms with van der Waals surface area (Å²) < 4.78 is 0. The Balaban J connectivity index is 0.00000144. The van der Waals surface area contributed by atoms with E-state index in [1.807, 2.05) is 0 Å². The average Bonchev–Trinajstić information content (AvgIpc) is 2.04. The van der Waals surface area contributed by atoms with Gasteiger partial charge in [0.15, 0.2) is 0 Å². The van der Waals surface area contributed by atoms with Crippen molar-refractivity contribution in [2.75, 3.05) is 0 Å². The van der Waals surface area contributed by atoms with Crippen LogP contribution < -0.4 is 5.73 Å². The normalized spacial score (nSPS) is 30.3. The summed E-state index contributed by atoms with van der Waals surface area (Å²) in [5.74, 6) is 0.107. The van der Waals surface area contributed by atoms with Crippen LogP contribution in [0.2, 0.25) is 0 Å². The highest BCUT2D eigenvalue weighted by molar-refractivity contribution is 5.85. The van der Waals surface area contributed by atoms with Gasteiger partial charge in [0.1, 0.15) is 6.04 Å². The Hall–Kier alpha value is -0.280. The standard InChI is InChI=1S/C9H17NO2.ClH/c1-6-2-4-7(5-3-6)8(10)9(11)12;/h6-8H,2-5,10H2,1H3,(H,11,12);1H/t6-,7-,8?;. The van der Waals surface area contributed by atoms with Gasteiger partial charge in [0.05, 0.1) is 0 Å². The summed E-state index contributed by atoms with van der Waals surface area (Å²) in [7, 11) is 0. The molecule has 0 heterocycles. The molecule has 0 amide bonds. The van der Waals surface area contributed by atoms with Crippen LogP contribution >= 0.6 is 12.4 Å². The van der Waals surface area contributed by atoms with Crippen LogP contribution in [0.5, 0.6) is 0 Å². The molecule has 0 spiro atoms. The lowest BCUT2D eigenvalue weighted by molar-refractivity contribution is -0.140. The molecule has 0 aliphatic heterocycles. The molecule has 1 rings (SSSR count). The Morgan fingerprint density at radius 2 is 1.85 bits per heavy atom. The lowest BCUT2D eigenvalue weighted by atomic mass is 9.79. The van der Waals surface area contributed by atoms with Crippen molar-refractivity contribution in [2.45, 2.75) is 38.6 Å². The van der Waals surface area contributed by atoms with Gasteiger partial charge in [0.25, 0.3) is 0 Å². The molecular formula is C9H18ClNO2. The molecule has 0 radical (unpaired) electrons. The molecule has 3 N–H and O–H groups in total. The zero-order valence-electron chi connectivity index (χ0n) is 7.90. The average molecular weight is 208 g/mol. The fourth-order valence-electron chi connectivity index (χ4n) is 1.85. The summed E-state index contributed by atoms with van der Waals surface area (Å²) in [4.78, 5) is 10.6. The second-order valence-electron chi connectivity index (χ2n) is 3.88. The number of hydrogen-bond acceptors (Lipinski definition) is 2. The lowest BCUT2D eigenvalue weighted by Crippen LogP contribution is -2.39. The zero-order chi connectivity index (χ0) is 9.14. The first-order valence-electron chi connectivity index (χ1n) is 4.59. The number of carboxylic acids is 1. The molecular weight excluding hydrogens is 190 g/mol. The van der Waals surface area contributed by atoms with Crippen molar-refractivity contribution in [1.82, 2.24) is 0 Å². The highest BCUT2D eigenvalue weighted by atomic mass is 35.5. The molecule has 0 bridgehead atoms. The maximum atomic E-state index is 10.6. The molecule has 0 aromatic heterocycles. The zero-order valence-corrected chi connectivity index (χ0v) is 8.72. The van der Waals surface area contributed by atoms with E-state index in [2.05, 4.69) is 6.92 Å². The highest BCUT2D eigenvalue weighted by Gasteiger charge is 2.27. The monoisotopic (exact) mass is 207 g/mol. The molecule has 0 aromatic rings. The number of aliphatic carboxylic acids is 1. The molecule has 4 heteroatoms. The summed E-state index contributed by atoms with van der Waals surface area (Å²) in [6.07, 6.45) is 4.22. The second-order valence-corrected chi connectivity index (χ2v) is 3.88. The van der Waals surface area contributed by atoms with Crippen LogP contribution in [0.3, 0.4) is 0 Å². The largest absolute Gasteiger partial charge is 0.480 e. The Kier molecular flexibility index (Phi) is 5.33. The van der Waals surface area contributed by atoms with Gasteiger partial charge in [-0.15, -0.1) is 12.4 Å². The van der Waals surface area contributed by atoms with Gasteiger partial charge in [0.2, 0.25) is 0 Å². The van der Waals surface area contributed by atoms with Crippen molar-refractivity contribution in [1.29, 1.82) is 0 Å². The predicted molar refractivity (Wildman–Crippen MR) is 54.0 cm³/mol. The van der Waals surface area contributed by atoms with E-state index in [1.54, 1.807) is 0 Å². The van der Waals surface area contributed by atoms with E-state index in [-0.39, 0.29) is 18.3 Å². The van der Waals surface area contributed by atoms with Crippen molar-refractivity contribution in [3.05, 3.63) is 0 Å². The molecule has 0 saturated heterocycles. The number of nitrogens with two attached hydrogens (primary N) is 1. The quantitative estimate of drug-likeness (QED) is 0.724. The van der Waals surface area contributed by atoms with Crippen LogP contribution in [-0.4, -0.2) is 17.1 Å². The van der Waals surface area contributed by atoms with Gasteiger partial charge in [-0.1, -0.05) is 19.8 Å². The van der Waals surface area contributed by atoms with Crippen LogP contribution in [0.4, 0.5) is 0 Å². The first-order valence-corrected chi connectivity index (χ1v) is 4.59. The van der Waals surface area contributed by atoms with Gasteiger partial charge in [-0.2, -0.15) is 0 Å². The lowest BCUT2D eigenvalue weighted by Gasteiger charge is -2.28. The molecule has 1 fully saturated rings. The highest BCUT2D eigenvalue weighted by Crippen LogP contribution is 2.29. The number of carboxylic acid groups (broad SMARTS) is 1. The third-order valence-electron chi connectivity index (χ3n) is 2.85. The molecule has 1 aliphatic carbocycles. The van der Waals surface area contributed by atoms with E-state index in [0.29, 0.717) is 0 Å². The molecule has 1 atom stereocenters. The Labute approximate surface area is 85.1 Å². The fourth-order valence-corrected chi connectivity index (χ4v) is 1.85. The van der Waals surface area contributed by atoms with E-state index in [9.17, 15) is 4.79 Å². The molecule has 1 aliphatic rings. The Bertz CT molecular complexity index is 167. The SMILES string of the molecule is C[C@H]1CC[C@H](C(N)C(=O)O)CC1.Cl. The number of hydrogen-bond donors (Lipinski definition) is 2. The maximum Gasteiger partial charge on any atom is 0.320 e. The summed E-state index contributed by atoms with van der Waals surface area (Å²) in [6, 6.07) is -0.641.